The number of hydrogen-bond donors (Lipinski definition) is 4. The molecule has 112 valence electrons. The van der Waals surface area contributed by atoms with Gasteiger partial charge in [0, 0.05) is 38.3 Å². The molecule has 1 aromatic rings. The number of rotatable bonds is 9. The smallest absolute Gasteiger partial charge is 0.225 e. The number of carbonyl (C=O) groups excluding carboxylic acids is 1. The van der Waals surface area contributed by atoms with Crippen LogP contribution in [0.4, 0.5) is 5.69 Å². The summed E-state index contributed by atoms with van der Waals surface area (Å²) in [5.74, 6) is -0.0913. The number of anilines is 1. The lowest BCUT2D eigenvalue weighted by Crippen LogP contribution is -2.32. The molecule has 0 fully saturated rings. The van der Waals surface area contributed by atoms with Crippen LogP contribution in [0.25, 0.3) is 0 Å². The summed E-state index contributed by atoms with van der Waals surface area (Å²) in [6.45, 7) is 1.93. The third kappa shape index (κ3) is 6.12. The molecule has 0 atom stereocenters. The van der Waals surface area contributed by atoms with Gasteiger partial charge >= 0.3 is 0 Å². The zero-order valence-corrected chi connectivity index (χ0v) is 11.6. The summed E-state index contributed by atoms with van der Waals surface area (Å²) in [5, 5.41) is 20.6. The maximum atomic E-state index is 11.8. The molecule has 0 aromatic heterocycles. The summed E-state index contributed by atoms with van der Waals surface area (Å²) < 4.78 is 0. The van der Waals surface area contributed by atoms with Crippen molar-refractivity contribution < 1.29 is 15.0 Å². The second-order valence-electron chi connectivity index (χ2n) is 4.49. The van der Waals surface area contributed by atoms with E-state index in [-0.39, 0.29) is 19.1 Å². The lowest BCUT2D eigenvalue weighted by atomic mass is 10.2. The van der Waals surface area contributed by atoms with Crippen LogP contribution < -0.4 is 11.1 Å². The van der Waals surface area contributed by atoms with Gasteiger partial charge in [-0.25, -0.2) is 0 Å². The summed E-state index contributed by atoms with van der Waals surface area (Å²) >= 11 is 0. The predicted octanol–water partition coefficient (Wildman–Crippen LogP) is -0.239. The molecule has 6 heteroatoms. The monoisotopic (exact) mass is 281 g/mol. The SMILES string of the molecule is NCc1ccc(NC(=O)CCN(CCO)CCO)cc1. The van der Waals surface area contributed by atoms with Gasteiger partial charge in [-0.1, -0.05) is 12.1 Å². The molecule has 0 spiro atoms. The van der Waals surface area contributed by atoms with E-state index in [1.165, 1.54) is 0 Å². The van der Waals surface area contributed by atoms with Gasteiger partial charge < -0.3 is 21.3 Å². The molecule has 0 saturated carbocycles. The minimum absolute atomic E-state index is 0.0160. The van der Waals surface area contributed by atoms with Crippen molar-refractivity contribution in [2.75, 3.05) is 38.2 Å². The van der Waals surface area contributed by atoms with Gasteiger partial charge in [-0.2, -0.15) is 0 Å². The number of nitrogens with two attached hydrogens (primary N) is 1. The number of hydrogen-bond acceptors (Lipinski definition) is 5. The summed E-state index contributed by atoms with van der Waals surface area (Å²) in [7, 11) is 0. The highest BCUT2D eigenvalue weighted by molar-refractivity contribution is 5.90. The highest BCUT2D eigenvalue weighted by atomic mass is 16.3. The second-order valence-corrected chi connectivity index (χ2v) is 4.49. The Morgan fingerprint density at radius 3 is 2.20 bits per heavy atom. The van der Waals surface area contributed by atoms with Gasteiger partial charge in [0.15, 0.2) is 0 Å². The van der Waals surface area contributed by atoms with Crippen molar-refractivity contribution in [3.63, 3.8) is 0 Å². The van der Waals surface area contributed by atoms with Crippen LogP contribution in [0.2, 0.25) is 0 Å². The fraction of sp³-hybridized carbons (Fsp3) is 0.500. The molecule has 0 radical (unpaired) electrons. The summed E-state index contributed by atoms with van der Waals surface area (Å²) in [6.07, 6.45) is 0.318. The van der Waals surface area contributed by atoms with Crippen molar-refractivity contribution >= 4 is 11.6 Å². The highest BCUT2D eigenvalue weighted by Gasteiger charge is 2.07. The zero-order chi connectivity index (χ0) is 14.8. The van der Waals surface area contributed by atoms with Gasteiger partial charge in [0.05, 0.1) is 13.2 Å². The number of aliphatic hydroxyl groups excluding tert-OH is 2. The fourth-order valence-electron chi connectivity index (χ4n) is 1.83. The van der Waals surface area contributed by atoms with E-state index in [4.69, 9.17) is 15.9 Å². The average molecular weight is 281 g/mol. The molecule has 0 aliphatic carbocycles. The average Bonchev–Trinajstić information content (AvgIpc) is 2.46. The quantitative estimate of drug-likeness (QED) is 0.501. The summed E-state index contributed by atoms with van der Waals surface area (Å²) in [5.41, 5.74) is 7.26. The third-order valence-electron chi connectivity index (χ3n) is 2.96. The summed E-state index contributed by atoms with van der Waals surface area (Å²) in [6, 6.07) is 7.39. The van der Waals surface area contributed by atoms with Crippen molar-refractivity contribution in [2.45, 2.75) is 13.0 Å². The van der Waals surface area contributed by atoms with Gasteiger partial charge in [-0.15, -0.1) is 0 Å². The lowest BCUT2D eigenvalue weighted by molar-refractivity contribution is -0.116. The van der Waals surface area contributed by atoms with E-state index >= 15 is 0 Å². The molecular weight excluding hydrogens is 258 g/mol. The van der Waals surface area contributed by atoms with Crippen molar-refractivity contribution in [1.29, 1.82) is 0 Å². The Labute approximate surface area is 119 Å². The predicted molar refractivity (Wildman–Crippen MR) is 78.2 cm³/mol. The second kappa shape index (κ2) is 9.44. The molecule has 0 aliphatic rings. The number of carbonyl (C=O) groups is 1. The number of aliphatic hydroxyl groups is 2. The largest absolute Gasteiger partial charge is 0.395 e. The molecule has 0 heterocycles. The Kier molecular flexibility index (Phi) is 7.82. The van der Waals surface area contributed by atoms with Crippen LogP contribution in [0.15, 0.2) is 24.3 Å². The number of benzene rings is 1. The molecule has 1 amide bonds. The number of nitrogens with zero attached hydrogens (tertiary/aromatic N) is 1. The van der Waals surface area contributed by atoms with Gasteiger partial charge in [-0.05, 0) is 17.7 Å². The zero-order valence-electron chi connectivity index (χ0n) is 11.6. The summed E-state index contributed by atoms with van der Waals surface area (Å²) in [4.78, 5) is 13.6. The van der Waals surface area contributed by atoms with Gasteiger partial charge in [0.25, 0.3) is 0 Å². The molecule has 5 N–H and O–H groups in total. The Balaban J connectivity index is 2.38. The molecule has 0 aliphatic heterocycles. The minimum atomic E-state index is -0.0913. The van der Waals surface area contributed by atoms with Crippen LogP contribution in [0, 0.1) is 0 Å². The van der Waals surface area contributed by atoms with Crippen molar-refractivity contribution in [1.82, 2.24) is 4.90 Å². The molecule has 0 unspecified atom stereocenters. The van der Waals surface area contributed by atoms with Crippen molar-refractivity contribution in [2.24, 2.45) is 5.73 Å². The molecule has 6 nitrogen and oxygen atoms in total. The van der Waals surface area contributed by atoms with Crippen LogP contribution in [0.3, 0.4) is 0 Å². The van der Waals surface area contributed by atoms with Crippen molar-refractivity contribution in [3.05, 3.63) is 29.8 Å². The molecule has 20 heavy (non-hydrogen) atoms. The number of nitrogens with one attached hydrogen (secondary N) is 1. The third-order valence-corrected chi connectivity index (χ3v) is 2.96. The van der Waals surface area contributed by atoms with Crippen LogP contribution in [0.1, 0.15) is 12.0 Å². The van der Waals surface area contributed by atoms with Crippen molar-refractivity contribution in [3.8, 4) is 0 Å². The maximum absolute atomic E-state index is 11.8. The Morgan fingerprint density at radius 1 is 1.10 bits per heavy atom. The number of amides is 1. The standard InChI is InChI=1S/C14H23N3O3/c15-11-12-1-3-13(4-2-12)16-14(20)5-6-17(7-9-18)8-10-19/h1-4,18-19H,5-11,15H2,(H,16,20). The lowest BCUT2D eigenvalue weighted by Gasteiger charge is -2.19. The molecule has 0 bridgehead atoms. The first-order valence-electron chi connectivity index (χ1n) is 6.72. The van der Waals surface area contributed by atoms with Gasteiger partial charge in [-0.3, -0.25) is 9.69 Å². The van der Waals surface area contributed by atoms with Crippen LogP contribution in [-0.4, -0.2) is 53.9 Å². The van der Waals surface area contributed by atoms with Gasteiger partial charge in [0.2, 0.25) is 5.91 Å². The van der Waals surface area contributed by atoms with Gasteiger partial charge in [0.1, 0.15) is 0 Å². The van der Waals surface area contributed by atoms with E-state index in [9.17, 15) is 4.79 Å². The van der Waals surface area contributed by atoms with E-state index in [0.29, 0.717) is 32.6 Å². The normalized spacial score (nSPS) is 10.8. The fourth-order valence-corrected chi connectivity index (χ4v) is 1.83. The van der Waals surface area contributed by atoms with E-state index in [1.54, 1.807) is 0 Å². The maximum Gasteiger partial charge on any atom is 0.225 e. The first-order chi connectivity index (χ1) is 9.69. The first kappa shape index (κ1) is 16.6. The molecule has 0 saturated heterocycles. The molecule has 1 rings (SSSR count). The van der Waals surface area contributed by atoms with E-state index in [1.807, 2.05) is 29.2 Å². The Morgan fingerprint density at radius 2 is 1.70 bits per heavy atom. The molecular formula is C14H23N3O3. The van der Waals surface area contributed by atoms with E-state index < -0.39 is 0 Å². The van der Waals surface area contributed by atoms with Crippen LogP contribution in [0.5, 0.6) is 0 Å². The Hall–Kier alpha value is -1.47. The highest BCUT2D eigenvalue weighted by Crippen LogP contribution is 2.09. The topological polar surface area (TPSA) is 98.8 Å². The molecule has 1 aromatic carbocycles. The minimum Gasteiger partial charge on any atom is -0.395 e. The van der Waals surface area contributed by atoms with Crippen LogP contribution in [-0.2, 0) is 11.3 Å². The first-order valence-corrected chi connectivity index (χ1v) is 6.72. The van der Waals surface area contributed by atoms with E-state index in [2.05, 4.69) is 5.32 Å². The van der Waals surface area contributed by atoms with Crippen LogP contribution >= 0.6 is 0 Å². The van der Waals surface area contributed by atoms with E-state index in [0.717, 1.165) is 11.3 Å². The Bertz CT molecular complexity index is 389.